The van der Waals surface area contributed by atoms with Crippen molar-refractivity contribution in [3.63, 3.8) is 0 Å². The van der Waals surface area contributed by atoms with Gasteiger partial charge in [-0.15, -0.1) is 0 Å². The molecule has 1 N–H and O–H groups in total. The van der Waals surface area contributed by atoms with Crippen LogP contribution in [-0.4, -0.2) is 15.8 Å². The van der Waals surface area contributed by atoms with Crippen LogP contribution in [0.2, 0.25) is 0 Å². The number of para-hydroxylation sites is 2. The maximum atomic E-state index is 10.6. The molecule has 4 aromatic rings. The van der Waals surface area contributed by atoms with Crippen molar-refractivity contribution in [1.82, 2.24) is 4.98 Å². The van der Waals surface area contributed by atoms with Gasteiger partial charge >= 0.3 is 0 Å². The third-order valence-corrected chi connectivity index (χ3v) is 5.44. The molecule has 5 rings (SSSR count). The van der Waals surface area contributed by atoms with Crippen molar-refractivity contribution in [3.8, 4) is 16.9 Å². The molecule has 1 unspecified atom stereocenters. The molecular weight excluding hydrogens is 370 g/mol. The van der Waals surface area contributed by atoms with E-state index in [1.807, 2.05) is 71.9 Å². The summed E-state index contributed by atoms with van der Waals surface area (Å²) in [6, 6.07) is 30.0. The summed E-state index contributed by atoms with van der Waals surface area (Å²) in [5, 5.41) is 17.6. The summed E-state index contributed by atoms with van der Waals surface area (Å²) in [5.41, 5.74) is 6.07. The fraction of sp³-hybridized carbons (Fsp3) is 0.0769. The van der Waals surface area contributed by atoms with Crippen LogP contribution in [0.5, 0.6) is 5.75 Å². The fourth-order valence-electron chi connectivity index (χ4n) is 3.99. The lowest BCUT2D eigenvalue weighted by Gasteiger charge is -2.26. The number of aromatic hydroxyl groups is 1. The number of aromatic nitrogens is 1. The van der Waals surface area contributed by atoms with E-state index >= 15 is 0 Å². The number of benzene rings is 3. The van der Waals surface area contributed by atoms with Gasteiger partial charge in [0, 0.05) is 35.5 Å². The molecule has 0 aliphatic carbocycles. The van der Waals surface area contributed by atoms with E-state index in [1.54, 1.807) is 12.3 Å². The number of phenolic OH excluding ortho intramolecular Hbond substituents is 1. The minimum atomic E-state index is -0.105. The average Bonchev–Trinajstić information content (AvgIpc) is 3.26. The standard InChI is InChI=1S/C26H21N3O/c30-26-15-7-5-13-22(26)25-17-23(20-11-8-16-27-18-20)28-29(25)24-14-6-4-12-21(24)19-9-2-1-3-10-19/h1-16,18,25,30H,17H2. The molecule has 4 heteroatoms. The molecule has 1 aromatic heterocycles. The first-order valence-electron chi connectivity index (χ1n) is 10.0. The Morgan fingerprint density at radius 3 is 2.30 bits per heavy atom. The van der Waals surface area contributed by atoms with Crippen LogP contribution >= 0.6 is 0 Å². The monoisotopic (exact) mass is 391 g/mol. The number of anilines is 1. The number of pyridine rings is 1. The van der Waals surface area contributed by atoms with E-state index in [9.17, 15) is 5.11 Å². The van der Waals surface area contributed by atoms with Crippen LogP contribution in [0.4, 0.5) is 5.69 Å². The molecule has 0 amide bonds. The van der Waals surface area contributed by atoms with E-state index in [0.717, 1.165) is 33.7 Å². The Kier molecular flexibility index (Phi) is 4.74. The molecule has 1 atom stereocenters. The lowest BCUT2D eigenvalue weighted by molar-refractivity contribution is 0.461. The number of rotatable bonds is 4. The van der Waals surface area contributed by atoms with Crippen molar-refractivity contribution in [2.75, 3.05) is 5.01 Å². The van der Waals surface area contributed by atoms with Crippen LogP contribution in [0, 0.1) is 0 Å². The Bertz CT molecular complexity index is 1190. The molecule has 1 aliphatic rings. The molecule has 146 valence electrons. The number of hydrogen-bond acceptors (Lipinski definition) is 4. The summed E-state index contributed by atoms with van der Waals surface area (Å²) in [6.07, 6.45) is 4.29. The van der Waals surface area contributed by atoms with Crippen LogP contribution in [-0.2, 0) is 0 Å². The van der Waals surface area contributed by atoms with Gasteiger partial charge in [0.15, 0.2) is 0 Å². The highest BCUT2D eigenvalue weighted by atomic mass is 16.3. The SMILES string of the molecule is Oc1ccccc1C1CC(c2cccnc2)=NN1c1ccccc1-c1ccccc1. The number of hydrazone groups is 1. The molecule has 0 fully saturated rings. The van der Waals surface area contributed by atoms with E-state index in [2.05, 4.69) is 29.2 Å². The average molecular weight is 391 g/mol. The quantitative estimate of drug-likeness (QED) is 0.478. The van der Waals surface area contributed by atoms with E-state index in [0.29, 0.717) is 6.42 Å². The topological polar surface area (TPSA) is 48.7 Å². The zero-order chi connectivity index (χ0) is 20.3. The van der Waals surface area contributed by atoms with Crippen LogP contribution in [0.1, 0.15) is 23.6 Å². The summed E-state index contributed by atoms with van der Waals surface area (Å²) >= 11 is 0. The second-order valence-corrected chi connectivity index (χ2v) is 7.29. The van der Waals surface area contributed by atoms with Crippen molar-refractivity contribution < 1.29 is 5.11 Å². The molecule has 0 saturated carbocycles. The zero-order valence-electron chi connectivity index (χ0n) is 16.4. The Morgan fingerprint density at radius 1 is 0.767 bits per heavy atom. The van der Waals surface area contributed by atoms with Crippen LogP contribution < -0.4 is 5.01 Å². The molecule has 0 radical (unpaired) electrons. The van der Waals surface area contributed by atoms with Gasteiger partial charge in [-0.2, -0.15) is 5.10 Å². The van der Waals surface area contributed by atoms with E-state index in [-0.39, 0.29) is 11.8 Å². The number of nitrogens with zero attached hydrogens (tertiary/aromatic N) is 3. The largest absolute Gasteiger partial charge is 0.508 e. The van der Waals surface area contributed by atoms with Gasteiger partial charge in [-0.25, -0.2) is 0 Å². The molecule has 1 aliphatic heterocycles. The van der Waals surface area contributed by atoms with Crippen molar-refractivity contribution in [2.45, 2.75) is 12.5 Å². The summed E-state index contributed by atoms with van der Waals surface area (Å²) in [5.74, 6) is 0.285. The molecule has 0 saturated heterocycles. The van der Waals surface area contributed by atoms with Gasteiger partial charge in [0.05, 0.1) is 17.4 Å². The normalized spacial score (nSPS) is 15.8. The lowest BCUT2D eigenvalue weighted by Crippen LogP contribution is -2.19. The fourth-order valence-corrected chi connectivity index (χ4v) is 3.99. The minimum absolute atomic E-state index is 0.105. The van der Waals surface area contributed by atoms with Crippen molar-refractivity contribution in [1.29, 1.82) is 0 Å². The molecule has 0 spiro atoms. The molecule has 3 aromatic carbocycles. The van der Waals surface area contributed by atoms with Gasteiger partial charge in [-0.3, -0.25) is 9.99 Å². The van der Waals surface area contributed by atoms with Gasteiger partial charge in [0.25, 0.3) is 0 Å². The second-order valence-electron chi connectivity index (χ2n) is 7.29. The van der Waals surface area contributed by atoms with E-state index in [1.165, 1.54) is 0 Å². The smallest absolute Gasteiger partial charge is 0.120 e. The van der Waals surface area contributed by atoms with Gasteiger partial charge in [0.1, 0.15) is 5.75 Å². The van der Waals surface area contributed by atoms with Gasteiger partial charge < -0.3 is 5.11 Å². The van der Waals surface area contributed by atoms with Crippen LogP contribution in [0.25, 0.3) is 11.1 Å². The zero-order valence-corrected chi connectivity index (χ0v) is 16.4. The highest BCUT2D eigenvalue weighted by Crippen LogP contribution is 2.43. The highest BCUT2D eigenvalue weighted by Gasteiger charge is 2.32. The Balaban J connectivity index is 1.66. The van der Waals surface area contributed by atoms with Gasteiger partial charge in [-0.05, 0) is 23.8 Å². The Labute approximate surface area is 175 Å². The van der Waals surface area contributed by atoms with Gasteiger partial charge in [-0.1, -0.05) is 72.8 Å². The molecule has 30 heavy (non-hydrogen) atoms. The van der Waals surface area contributed by atoms with E-state index in [4.69, 9.17) is 5.10 Å². The maximum Gasteiger partial charge on any atom is 0.120 e. The molecule has 2 heterocycles. The number of phenols is 1. The van der Waals surface area contributed by atoms with Crippen molar-refractivity contribution in [3.05, 3.63) is 115 Å². The maximum absolute atomic E-state index is 10.6. The third-order valence-electron chi connectivity index (χ3n) is 5.44. The second kappa shape index (κ2) is 7.84. The first-order valence-corrected chi connectivity index (χ1v) is 10.0. The summed E-state index contributed by atoms with van der Waals surface area (Å²) in [6.45, 7) is 0. The minimum Gasteiger partial charge on any atom is -0.508 e. The summed E-state index contributed by atoms with van der Waals surface area (Å²) in [4.78, 5) is 4.26. The molecule has 4 nitrogen and oxygen atoms in total. The van der Waals surface area contributed by atoms with Crippen LogP contribution in [0.3, 0.4) is 0 Å². The van der Waals surface area contributed by atoms with Crippen LogP contribution in [0.15, 0.2) is 108 Å². The Hall–Kier alpha value is -3.92. The first-order chi connectivity index (χ1) is 14.8. The summed E-state index contributed by atoms with van der Waals surface area (Å²) < 4.78 is 0. The molecule has 0 bridgehead atoms. The van der Waals surface area contributed by atoms with Gasteiger partial charge in [0.2, 0.25) is 0 Å². The lowest BCUT2D eigenvalue weighted by atomic mass is 9.97. The van der Waals surface area contributed by atoms with E-state index < -0.39 is 0 Å². The number of hydrogen-bond donors (Lipinski definition) is 1. The summed E-state index contributed by atoms with van der Waals surface area (Å²) in [7, 11) is 0. The van der Waals surface area contributed by atoms with Crippen molar-refractivity contribution in [2.24, 2.45) is 5.10 Å². The highest BCUT2D eigenvalue weighted by molar-refractivity contribution is 6.03. The molecular formula is C26H21N3O. The van der Waals surface area contributed by atoms with Crippen molar-refractivity contribution >= 4 is 11.4 Å². The predicted octanol–water partition coefficient (Wildman–Crippen LogP) is 5.81. The first kappa shape index (κ1) is 18.1. The predicted molar refractivity (Wildman–Crippen MR) is 121 cm³/mol. The Morgan fingerprint density at radius 2 is 1.50 bits per heavy atom. The third kappa shape index (κ3) is 3.33.